The highest BCUT2D eigenvalue weighted by molar-refractivity contribution is 5.95. The summed E-state index contributed by atoms with van der Waals surface area (Å²) in [5, 5.41) is 8.94. The Bertz CT molecular complexity index is 512. The first-order valence-corrected chi connectivity index (χ1v) is 5.58. The molecule has 1 aromatic carbocycles. The summed E-state index contributed by atoms with van der Waals surface area (Å²) >= 11 is 0. The van der Waals surface area contributed by atoms with Crippen LogP contribution in [0.5, 0.6) is 11.5 Å². The molecule has 0 heterocycles. The van der Waals surface area contributed by atoms with Crippen LogP contribution in [-0.4, -0.2) is 13.1 Å². The van der Waals surface area contributed by atoms with Crippen LogP contribution in [0.15, 0.2) is 35.4 Å². The number of carbonyl (C=O) groups excluding carboxylic acids is 1. The van der Waals surface area contributed by atoms with Crippen LogP contribution in [0.4, 0.5) is 0 Å². The number of rotatable bonds is 4. The van der Waals surface area contributed by atoms with Crippen LogP contribution in [0.25, 0.3) is 0 Å². The first kappa shape index (κ1) is 13.8. The molecule has 0 amide bonds. The lowest BCUT2D eigenvalue weighted by Gasteiger charge is -2.06. The number of allylic oxidation sites excluding steroid dienone is 1. The number of methoxy groups -OCH3 is 1. The summed E-state index contributed by atoms with van der Waals surface area (Å²) in [5.41, 5.74) is 0.769. The molecule has 0 aliphatic heterocycles. The van der Waals surface area contributed by atoms with Crippen molar-refractivity contribution < 1.29 is 14.3 Å². The van der Waals surface area contributed by atoms with Crippen molar-refractivity contribution in [3.05, 3.63) is 35.4 Å². The minimum absolute atomic E-state index is 0.0559. The van der Waals surface area contributed by atoms with Crippen LogP contribution in [0, 0.1) is 11.3 Å². The molecule has 18 heavy (non-hydrogen) atoms. The van der Waals surface area contributed by atoms with Crippen molar-refractivity contribution in [3.8, 4) is 17.6 Å². The van der Waals surface area contributed by atoms with Crippen LogP contribution in [0.1, 0.15) is 20.3 Å². The number of hydrogen-bond acceptors (Lipinski definition) is 4. The van der Waals surface area contributed by atoms with E-state index in [0.29, 0.717) is 23.5 Å². The van der Waals surface area contributed by atoms with Gasteiger partial charge in [-0.2, -0.15) is 5.26 Å². The number of nitriles is 1. The second-order valence-electron chi connectivity index (χ2n) is 3.69. The molecule has 0 fully saturated rings. The highest BCUT2D eigenvalue weighted by Crippen LogP contribution is 2.20. The van der Waals surface area contributed by atoms with E-state index in [2.05, 4.69) is 0 Å². The maximum absolute atomic E-state index is 11.8. The average Bonchev–Trinajstić information content (AvgIpc) is 2.39. The van der Waals surface area contributed by atoms with Gasteiger partial charge in [-0.3, -0.25) is 0 Å². The second-order valence-corrected chi connectivity index (χ2v) is 3.69. The van der Waals surface area contributed by atoms with Crippen molar-refractivity contribution in [1.29, 1.82) is 5.26 Å². The molecule has 0 atom stereocenters. The molecule has 4 nitrogen and oxygen atoms in total. The Morgan fingerprint density at radius 3 is 2.61 bits per heavy atom. The SMILES string of the molecule is CC/C(C)=C(/C#N)C(=O)Oc1cccc(OC)c1. The number of ether oxygens (including phenoxy) is 2. The predicted molar refractivity (Wildman–Crippen MR) is 67.2 cm³/mol. The number of hydrogen-bond donors (Lipinski definition) is 0. The molecule has 0 N–H and O–H groups in total. The van der Waals surface area contributed by atoms with Gasteiger partial charge < -0.3 is 9.47 Å². The molecule has 0 aliphatic carbocycles. The number of esters is 1. The Morgan fingerprint density at radius 2 is 2.06 bits per heavy atom. The standard InChI is InChI=1S/C14H15NO3/c1-4-10(2)13(9-15)14(16)18-12-7-5-6-11(8-12)17-3/h5-8H,4H2,1-3H3/b13-10-. The largest absolute Gasteiger partial charge is 0.497 e. The van der Waals surface area contributed by atoms with E-state index in [9.17, 15) is 4.79 Å². The van der Waals surface area contributed by atoms with E-state index in [0.717, 1.165) is 0 Å². The summed E-state index contributed by atoms with van der Waals surface area (Å²) in [5.74, 6) is 0.316. The lowest BCUT2D eigenvalue weighted by molar-refractivity contribution is -0.129. The third-order valence-corrected chi connectivity index (χ3v) is 2.52. The van der Waals surface area contributed by atoms with Crippen molar-refractivity contribution in [2.45, 2.75) is 20.3 Å². The van der Waals surface area contributed by atoms with Crippen LogP contribution in [0.3, 0.4) is 0 Å². The molecule has 0 bridgehead atoms. The van der Waals surface area contributed by atoms with E-state index >= 15 is 0 Å². The molecule has 4 heteroatoms. The predicted octanol–water partition coefficient (Wildman–Crippen LogP) is 2.85. The molecule has 0 saturated carbocycles. The third-order valence-electron chi connectivity index (χ3n) is 2.52. The van der Waals surface area contributed by atoms with Crippen molar-refractivity contribution in [3.63, 3.8) is 0 Å². The fourth-order valence-electron chi connectivity index (χ4n) is 1.31. The van der Waals surface area contributed by atoms with E-state index < -0.39 is 5.97 Å². The van der Waals surface area contributed by atoms with E-state index in [1.165, 1.54) is 7.11 Å². The summed E-state index contributed by atoms with van der Waals surface area (Å²) in [6, 6.07) is 8.56. The average molecular weight is 245 g/mol. The molecule has 94 valence electrons. The van der Waals surface area contributed by atoms with E-state index in [1.54, 1.807) is 31.2 Å². The smallest absolute Gasteiger partial charge is 0.354 e. The molecule has 1 aromatic rings. The van der Waals surface area contributed by atoms with Crippen LogP contribution in [-0.2, 0) is 4.79 Å². The van der Waals surface area contributed by atoms with Gasteiger partial charge in [0.2, 0.25) is 0 Å². The fraction of sp³-hybridized carbons (Fsp3) is 0.286. The first-order chi connectivity index (χ1) is 8.62. The molecule has 0 aliphatic rings. The Morgan fingerprint density at radius 1 is 1.39 bits per heavy atom. The fourth-order valence-corrected chi connectivity index (χ4v) is 1.31. The molecular weight excluding hydrogens is 230 g/mol. The minimum Gasteiger partial charge on any atom is -0.497 e. The lowest BCUT2D eigenvalue weighted by atomic mass is 10.1. The zero-order chi connectivity index (χ0) is 13.5. The van der Waals surface area contributed by atoms with Gasteiger partial charge in [0.25, 0.3) is 0 Å². The van der Waals surface area contributed by atoms with Gasteiger partial charge in [0.15, 0.2) is 0 Å². The van der Waals surface area contributed by atoms with Crippen molar-refractivity contribution >= 4 is 5.97 Å². The summed E-state index contributed by atoms with van der Waals surface area (Å²) in [6.07, 6.45) is 0.635. The Hall–Kier alpha value is -2.28. The molecule has 0 spiro atoms. The molecule has 0 saturated heterocycles. The molecular formula is C14H15NO3. The maximum Gasteiger partial charge on any atom is 0.354 e. The highest BCUT2D eigenvalue weighted by Gasteiger charge is 2.14. The van der Waals surface area contributed by atoms with Crippen molar-refractivity contribution in [2.24, 2.45) is 0 Å². The zero-order valence-corrected chi connectivity index (χ0v) is 10.7. The summed E-state index contributed by atoms with van der Waals surface area (Å²) in [4.78, 5) is 11.8. The summed E-state index contributed by atoms with van der Waals surface area (Å²) < 4.78 is 10.2. The van der Waals surface area contributed by atoms with Crippen molar-refractivity contribution in [1.82, 2.24) is 0 Å². The van der Waals surface area contributed by atoms with E-state index in [-0.39, 0.29) is 5.57 Å². The molecule has 1 rings (SSSR count). The van der Waals surface area contributed by atoms with Gasteiger partial charge in [-0.25, -0.2) is 4.79 Å². The minimum atomic E-state index is -0.634. The zero-order valence-electron chi connectivity index (χ0n) is 10.7. The van der Waals surface area contributed by atoms with Gasteiger partial charge in [0.1, 0.15) is 23.1 Å². The highest BCUT2D eigenvalue weighted by atomic mass is 16.5. The van der Waals surface area contributed by atoms with Gasteiger partial charge in [-0.1, -0.05) is 13.0 Å². The van der Waals surface area contributed by atoms with E-state index in [1.807, 2.05) is 13.0 Å². The summed E-state index contributed by atoms with van der Waals surface area (Å²) in [7, 11) is 1.53. The van der Waals surface area contributed by atoms with Crippen LogP contribution >= 0.6 is 0 Å². The Kier molecular flexibility index (Phi) is 4.94. The maximum atomic E-state index is 11.8. The quantitative estimate of drug-likeness (QED) is 0.354. The normalized spacial score (nSPS) is 11.2. The van der Waals surface area contributed by atoms with Gasteiger partial charge in [-0.15, -0.1) is 0 Å². The number of nitrogens with zero attached hydrogens (tertiary/aromatic N) is 1. The van der Waals surface area contributed by atoms with E-state index in [4.69, 9.17) is 14.7 Å². The first-order valence-electron chi connectivity index (χ1n) is 5.58. The molecule has 0 radical (unpaired) electrons. The van der Waals surface area contributed by atoms with Gasteiger partial charge in [0.05, 0.1) is 7.11 Å². The van der Waals surface area contributed by atoms with Crippen molar-refractivity contribution in [2.75, 3.05) is 7.11 Å². The van der Waals surface area contributed by atoms with Crippen LogP contribution < -0.4 is 9.47 Å². The monoisotopic (exact) mass is 245 g/mol. The summed E-state index contributed by atoms with van der Waals surface area (Å²) in [6.45, 7) is 3.62. The van der Waals surface area contributed by atoms with Gasteiger partial charge in [0, 0.05) is 6.07 Å². The third kappa shape index (κ3) is 3.36. The Balaban J connectivity index is 2.91. The number of carbonyl (C=O) groups is 1. The van der Waals surface area contributed by atoms with Gasteiger partial charge in [-0.05, 0) is 31.1 Å². The Labute approximate surface area is 106 Å². The van der Waals surface area contributed by atoms with Gasteiger partial charge >= 0.3 is 5.97 Å². The molecule has 0 unspecified atom stereocenters. The topological polar surface area (TPSA) is 59.3 Å². The molecule has 0 aromatic heterocycles. The lowest BCUT2D eigenvalue weighted by Crippen LogP contribution is -2.11. The number of benzene rings is 1. The second kappa shape index (κ2) is 6.45. The van der Waals surface area contributed by atoms with Crippen LogP contribution in [0.2, 0.25) is 0 Å².